The van der Waals surface area contributed by atoms with Gasteiger partial charge in [-0.1, -0.05) is 0 Å². The normalized spacial score (nSPS) is 26.3. The van der Waals surface area contributed by atoms with E-state index in [1.54, 1.807) is 0 Å². The van der Waals surface area contributed by atoms with Crippen LogP contribution in [-0.2, 0) is 14.3 Å². The summed E-state index contributed by atoms with van der Waals surface area (Å²) < 4.78 is 24.9. The first-order chi connectivity index (χ1) is 8.97. The van der Waals surface area contributed by atoms with E-state index in [-0.39, 0.29) is 18.8 Å². The lowest BCUT2D eigenvalue weighted by atomic mass is 10.2. The molecule has 0 amide bonds. The number of hydrogen-bond acceptors (Lipinski definition) is 6. The fourth-order valence-electron chi connectivity index (χ4n) is 1.85. The highest BCUT2D eigenvalue weighted by Gasteiger charge is 2.37. The average molecular weight is 271 g/mol. The molecule has 0 bridgehead atoms. The van der Waals surface area contributed by atoms with Crippen molar-refractivity contribution in [2.24, 2.45) is 0 Å². The molecule has 0 aliphatic carbocycles. The minimum Gasteiger partial charge on any atom is -0.463 e. The van der Waals surface area contributed by atoms with Crippen LogP contribution in [0.4, 0.5) is 10.2 Å². The van der Waals surface area contributed by atoms with Crippen molar-refractivity contribution in [3.8, 4) is 0 Å². The van der Waals surface area contributed by atoms with Gasteiger partial charge in [-0.15, -0.1) is 0 Å². The molecule has 8 heteroatoms. The Morgan fingerprint density at radius 1 is 1.74 bits per heavy atom. The molecule has 0 spiro atoms. The number of ether oxygens (including phenoxy) is 2. The standard InChI is InChI=1S/C11H14FN3O4/c1-6(16)18-5-8-7(12)4-10(19-8)15-3-2-9(13)14-11(15)17/h2-3,7-8,10H,4-5H2,1H3,(H2,13,14,17)/t7-,8+,10+/m0/s1. The van der Waals surface area contributed by atoms with Gasteiger partial charge in [0, 0.05) is 19.5 Å². The number of rotatable bonds is 3. The molecule has 0 unspecified atom stereocenters. The summed E-state index contributed by atoms with van der Waals surface area (Å²) in [4.78, 5) is 25.8. The molecule has 104 valence electrons. The maximum Gasteiger partial charge on any atom is 0.351 e. The fraction of sp³-hybridized carbons (Fsp3) is 0.545. The molecule has 1 aliphatic heterocycles. The van der Waals surface area contributed by atoms with E-state index in [4.69, 9.17) is 15.2 Å². The monoisotopic (exact) mass is 271 g/mol. The lowest BCUT2D eigenvalue weighted by Crippen LogP contribution is -2.28. The van der Waals surface area contributed by atoms with Gasteiger partial charge in [0.15, 0.2) is 0 Å². The van der Waals surface area contributed by atoms with Crippen molar-refractivity contribution in [1.29, 1.82) is 0 Å². The molecule has 1 aliphatic rings. The topological polar surface area (TPSA) is 96.4 Å². The Morgan fingerprint density at radius 3 is 3.11 bits per heavy atom. The van der Waals surface area contributed by atoms with Gasteiger partial charge in [0.05, 0.1) is 0 Å². The molecule has 19 heavy (non-hydrogen) atoms. The van der Waals surface area contributed by atoms with Gasteiger partial charge in [-0.2, -0.15) is 4.98 Å². The van der Waals surface area contributed by atoms with Gasteiger partial charge in [-0.25, -0.2) is 9.18 Å². The molecule has 1 aromatic heterocycles. The van der Waals surface area contributed by atoms with Gasteiger partial charge < -0.3 is 15.2 Å². The number of hydrogen-bond donors (Lipinski definition) is 1. The van der Waals surface area contributed by atoms with Crippen molar-refractivity contribution >= 4 is 11.8 Å². The summed E-state index contributed by atoms with van der Waals surface area (Å²) in [5.74, 6) is -0.418. The Hall–Kier alpha value is -1.96. The number of carbonyl (C=O) groups excluding carboxylic acids is 1. The molecule has 2 N–H and O–H groups in total. The maximum atomic E-state index is 13.7. The first kappa shape index (κ1) is 13.5. The largest absolute Gasteiger partial charge is 0.463 e. The second-order valence-electron chi connectivity index (χ2n) is 4.23. The van der Waals surface area contributed by atoms with E-state index in [0.29, 0.717) is 0 Å². The quantitative estimate of drug-likeness (QED) is 0.778. The van der Waals surface area contributed by atoms with Crippen LogP contribution in [0.25, 0.3) is 0 Å². The molecule has 7 nitrogen and oxygen atoms in total. The molecule has 3 atom stereocenters. The van der Waals surface area contributed by atoms with E-state index < -0.39 is 30.2 Å². The summed E-state index contributed by atoms with van der Waals surface area (Å²) in [5, 5.41) is 0. The highest BCUT2D eigenvalue weighted by Crippen LogP contribution is 2.30. The first-order valence-electron chi connectivity index (χ1n) is 5.75. The molecular formula is C11H14FN3O4. The maximum absolute atomic E-state index is 13.7. The van der Waals surface area contributed by atoms with Crippen LogP contribution in [0.3, 0.4) is 0 Å². The van der Waals surface area contributed by atoms with E-state index in [1.165, 1.54) is 19.2 Å². The highest BCUT2D eigenvalue weighted by molar-refractivity contribution is 5.65. The van der Waals surface area contributed by atoms with Crippen molar-refractivity contribution in [3.05, 3.63) is 22.7 Å². The predicted octanol–water partition coefficient (Wildman–Crippen LogP) is 0.0142. The van der Waals surface area contributed by atoms with Crippen LogP contribution >= 0.6 is 0 Å². The molecule has 2 rings (SSSR count). The van der Waals surface area contributed by atoms with Gasteiger partial charge in [0.1, 0.15) is 30.9 Å². The Labute approximate surface area is 108 Å². The Morgan fingerprint density at radius 2 is 2.47 bits per heavy atom. The van der Waals surface area contributed by atoms with Crippen LogP contribution in [0.2, 0.25) is 0 Å². The van der Waals surface area contributed by atoms with Crippen molar-refractivity contribution in [3.63, 3.8) is 0 Å². The van der Waals surface area contributed by atoms with Crippen LogP contribution in [0.1, 0.15) is 19.6 Å². The SMILES string of the molecule is CC(=O)OC[C@H]1O[C@@H](n2ccc(N)nc2=O)C[C@@H]1F. The van der Waals surface area contributed by atoms with E-state index in [2.05, 4.69) is 4.98 Å². The number of esters is 1. The molecule has 2 heterocycles. The molecule has 1 fully saturated rings. The molecule has 0 aromatic carbocycles. The smallest absolute Gasteiger partial charge is 0.351 e. The van der Waals surface area contributed by atoms with Crippen LogP contribution in [0.5, 0.6) is 0 Å². The number of alkyl halides is 1. The third-order valence-corrected chi connectivity index (χ3v) is 2.77. The third-order valence-electron chi connectivity index (χ3n) is 2.77. The molecule has 0 radical (unpaired) electrons. The zero-order chi connectivity index (χ0) is 14.0. The Bertz CT molecular complexity index is 533. The third kappa shape index (κ3) is 3.08. The predicted molar refractivity (Wildman–Crippen MR) is 63.0 cm³/mol. The van der Waals surface area contributed by atoms with Gasteiger partial charge >= 0.3 is 11.7 Å². The van der Waals surface area contributed by atoms with Crippen LogP contribution in [0.15, 0.2) is 17.1 Å². The van der Waals surface area contributed by atoms with Crippen molar-refractivity contribution in [2.75, 3.05) is 12.3 Å². The van der Waals surface area contributed by atoms with Gasteiger partial charge in [0.2, 0.25) is 0 Å². The van der Waals surface area contributed by atoms with Crippen molar-refractivity contribution in [1.82, 2.24) is 9.55 Å². The minimum absolute atomic E-state index is 0.00254. The lowest BCUT2D eigenvalue weighted by Gasteiger charge is -2.15. The Balaban J connectivity index is 2.07. The van der Waals surface area contributed by atoms with E-state index in [9.17, 15) is 14.0 Å². The van der Waals surface area contributed by atoms with Crippen molar-refractivity contribution < 1.29 is 18.7 Å². The van der Waals surface area contributed by atoms with Gasteiger partial charge in [-0.05, 0) is 6.07 Å². The minimum atomic E-state index is -1.31. The summed E-state index contributed by atoms with van der Waals surface area (Å²) in [7, 11) is 0. The summed E-state index contributed by atoms with van der Waals surface area (Å²) in [5.41, 5.74) is 4.76. The zero-order valence-corrected chi connectivity index (χ0v) is 10.3. The number of anilines is 1. The fourth-order valence-corrected chi connectivity index (χ4v) is 1.85. The number of carbonyl (C=O) groups is 1. The van der Waals surface area contributed by atoms with Crippen LogP contribution in [-0.4, -0.2) is 34.4 Å². The molecule has 1 saturated heterocycles. The molecular weight excluding hydrogens is 257 g/mol. The molecule has 0 saturated carbocycles. The number of nitrogens with two attached hydrogens (primary N) is 1. The van der Waals surface area contributed by atoms with Crippen molar-refractivity contribution in [2.45, 2.75) is 31.8 Å². The Kier molecular flexibility index (Phi) is 3.79. The second kappa shape index (κ2) is 5.35. The summed E-state index contributed by atoms with van der Waals surface area (Å²) >= 11 is 0. The molecule has 1 aromatic rings. The van der Waals surface area contributed by atoms with E-state index in [0.717, 1.165) is 4.57 Å². The highest BCUT2D eigenvalue weighted by atomic mass is 19.1. The number of aromatic nitrogens is 2. The lowest BCUT2D eigenvalue weighted by molar-refractivity contribution is -0.146. The number of halogens is 1. The van der Waals surface area contributed by atoms with E-state index >= 15 is 0 Å². The van der Waals surface area contributed by atoms with Gasteiger partial charge in [-0.3, -0.25) is 9.36 Å². The number of nitrogens with zero attached hydrogens (tertiary/aromatic N) is 2. The summed E-state index contributed by atoms with van der Waals surface area (Å²) in [6, 6.07) is 1.43. The second-order valence-corrected chi connectivity index (χ2v) is 4.23. The van der Waals surface area contributed by atoms with Crippen LogP contribution < -0.4 is 11.4 Å². The zero-order valence-electron chi connectivity index (χ0n) is 10.3. The summed E-state index contributed by atoms with van der Waals surface area (Å²) in [6.45, 7) is 1.05. The van der Waals surface area contributed by atoms with Gasteiger partial charge in [0.25, 0.3) is 0 Å². The summed E-state index contributed by atoms with van der Waals surface area (Å²) in [6.07, 6.45) is -1.56. The average Bonchev–Trinajstić information content (AvgIpc) is 2.67. The van der Waals surface area contributed by atoms with E-state index in [1.807, 2.05) is 0 Å². The number of nitrogen functional groups attached to an aromatic ring is 1. The van der Waals surface area contributed by atoms with Crippen LogP contribution in [0, 0.1) is 0 Å². The first-order valence-corrected chi connectivity index (χ1v) is 5.75.